The molecule has 0 unspecified atom stereocenters. The normalized spacial score (nSPS) is 19.7. The van der Waals surface area contributed by atoms with Crippen LogP contribution in [0.1, 0.15) is 37.7 Å². The molecule has 0 atom stereocenters. The lowest BCUT2D eigenvalue weighted by Gasteiger charge is -2.31. The van der Waals surface area contributed by atoms with Gasteiger partial charge in [0.05, 0.1) is 18.3 Å². The number of guanidine groups is 1. The van der Waals surface area contributed by atoms with Crippen LogP contribution in [0.25, 0.3) is 0 Å². The molecular weight excluding hydrogens is 434 g/mol. The van der Waals surface area contributed by atoms with E-state index in [4.69, 9.17) is 5.73 Å². The van der Waals surface area contributed by atoms with Gasteiger partial charge >= 0.3 is 0 Å². The molecule has 0 radical (unpaired) electrons. The molecule has 3 rings (SSSR count). The number of hydrogen-bond acceptors (Lipinski definition) is 3. The number of piperidine rings is 2. The van der Waals surface area contributed by atoms with Gasteiger partial charge in [-0.25, -0.2) is 9.38 Å². The van der Waals surface area contributed by atoms with Crippen LogP contribution in [0.15, 0.2) is 23.2 Å². The number of likely N-dealkylation sites (tertiary alicyclic amines) is 1. The minimum absolute atomic E-state index is 0. The van der Waals surface area contributed by atoms with Crippen molar-refractivity contribution in [1.82, 2.24) is 4.90 Å². The van der Waals surface area contributed by atoms with Crippen LogP contribution in [0.4, 0.5) is 10.1 Å². The number of aliphatic hydroxyl groups is 1. The van der Waals surface area contributed by atoms with E-state index in [1.807, 2.05) is 17.0 Å². The van der Waals surface area contributed by atoms with Crippen LogP contribution in [0, 0.1) is 5.82 Å². The molecule has 0 aromatic heterocycles. The largest absolute Gasteiger partial charge is 0.393 e. The minimum atomic E-state index is -0.254. The van der Waals surface area contributed by atoms with Crippen molar-refractivity contribution >= 4 is 35.6 Å². The Hall–Kier alpha value is -1.09. The molecule has 0 saturated carbocycles. The third kappa shape index (κ3) is 5.44. The predicted molar refractivity (Wildman–Crippen MR) is 110 cm³/mol. The van der Waals surface area contributed by atoms with Crippen LogP contribution in [0.2, 0.25) is 0 Å². The predicted octanol–water partition coefficient (Wildman–Crippen LogP) is 2.71. The molecule has 0 amide bonds. The van der Waals surface area contributed by atoms with E-state index in [0.29, 0.717) is 44.1 Å². The van der Waals surface area contributed by atoms with Crippen molar-refractivity contribution in [3.8, 4) is 0 Å². The molecule has 3 N–H and O–H groups in total. The van der Waals surface area contributed by atoms with Crippen molar-refractivity contribution in [3.05, 3.63) is 29.6 Å². The summed E-state index contributed by atoms with van der Waals surface area (Å²) >= 11 is 0. The SMILES string of the molecule is I.NC(=NCc1ccc(N2CCC(O)CC2)c(F)c1)N1CCCCC1. The highest BCUT2D eigenvalue weighted by Gasteiger charge is 2.19. The number of anilines is 1. The first kappa shape index (κ1) is 20.2. The molecule has 7 heteroatoms. The summed E-state index contributed by atoms with van der Waals surface area (Å²) in [5.74, 6) is 0.333. The summed E-state index contributed by atoms with van der Waals surface area (Å²) in [6.45, 7) is 3.71. The zero-order valence-corrected chi connectivity index (χ0v) is 16.9. The van der Waals surface area contributed by atoms with Crippen molar-refractivity contribution in [2.24, 2.45) is 10.7 Å². The number of nitrogens with zero attached hydrogens (tertiary/aromatic N) is 3. The number of benzene rings is 1. The molecule has 0 aliphatic carbocycles. The van der Waals surface area contributed by atoms with E-state index in [0.717, 1.165) is 31.5 Å². The van der Waals surface area contributed by atoms with E-state index in [1.54, 1.807) is 6.07 Å². The maximum absolute atomic E-state index is 14.4. The zero-order valence-electron chi connectivity index (χ0n) is 14.5. The fourth-order valence-corrected chi connectivity index (χ4v) is 3.41. The molecule has 2 aliphatic heterocycles. The van der Waals surface area contributed by atoms with Crippen LogP contribution in [-0.2, 0) is 6.54 Å². The number of aliphatic hydroxyl groups excluding tert-OH is 1. The third-order valence-electron chi connectivity index (χ3n) is 4.92. The summed E-state index contributed by atoms with van der Waals surface area (Å²) in [6.07, 6.45) is 4.70. The van der Waals surface area contributed by atoms with Gasteiger partial charge in [-0.05, 0) is 49.8 Å². The molecule has 0 bridgehead atoms. The molecule has 5 nitrogen and oxygen atoms in total. The summed E-state index contributed by atoms with van der Waals surface area (Å²) in [7, 11) is 0. The van der Waals surface area contributed by atoms with E-state index in [-0.39, 0.29) is 35.9 Å². The number of halogens is 2. The van der Waals surface area contributed by atoms with Crippen molar-refractivity contribution < 1.29 is 9.50 Å². The summed E-state index contributed by atoms with van der Waals surface area (Å²) in [5.41, 5.74) is 7.48. The van der Waals surface area contributed by atoms with Crippen LogP contribution < -0.4 is 10.6 Å². The summed E-state index contributed by atoms with van der Waals surface area (Å²) in [6, 6.07) is 5.28. The maximum atomic E-state index is 14.4. The highest BCUT2D eigenvalue weighted by atomic mass is 127. The smallest absolute Gasteiger partial charge is 0.191 e. The lowest BCUT2D eigenvalue weighted by molar-refractivity contribution is 0.145. The molecule has 25 heavy (non-hydrogen) atoms. The van der Waals surface area contributed by atoms with Gasteiger partial charge < -0.3 is 20.6 Å². The summed E-state index contributed by atoms with van der Waals surface area (Å²) < 4.78 is 14.4. The van der Waals surface area contributed by atoms with Crippen molar-refractivity contribution in [2.45, 2.75) is 44.8 Å². The Morgan fingerprint density at radius 3 is 2.48 bits per heavy atom. The molecule has 1 aromatic carbocycles. The number of rotatable bonds is 3. The average molecular weight is 462 g/mol. The van der Waals surface area contributed by atoms with Gasteiger partial charge in [0.2, 0.25) is 0 Å². The van der Waals surface area contributed by atoms with Crippen molar-refractivity contribution in [2.75, 3.05) is 31.1 Å². The molecule has 2 saturated heterocycles. The molecule has 1 aromatic rings. The summed E-state index contributed by atoms with van der Waals surface area (Å²) in [4.78, 5) is 8.52. The van der Waals surface area contributed by atoms with Gasteiger partial charge in [0, 0.05) is 26.2 Å². The highest BCUT2D eigenvalue weighted by molar-refractivity contribution is 14.0. The van der Waals surface area contributed by atoms with Crippen molar-refractivity contribution in [3.63, 3.8) is 0 Å². The first-order valence-electron chi connectivity index (χ1n) is 8.90. The van der Waals surface area contributed by atoms with Crippen LogP contribution in [-0.4, -0.2) is 48.2 Å². The number of nitrogens with two attached hydrogens (primary N) is 1. The Labute approximate surface area is 166 Å². The maximum Gasteiger partial charge on any atom is 0.191 e. The molecule has 2 aliphatic rings. The van der Waals surface area contributed by atoms with Gasteiger partial charge in [-0.2, -0.15) is 0 Å². The Kier molecular flexibility index (Phi) is 7.74. The Bertz CT molecular complexity index is 584. The molecule has 140 valence electrons. The van der Waals surface area contributed by atoms with Gasteiger partial charge in [-0.15, -0.1) is 24.0 Å². The molecule has 0 spiro atoms. The van der Waals surface area contributed by atoms with E-state index >= 15 is 0 Å². The third-order valence-corrected chi connectivity index (χ3v) is 4.92. The second-order valence-corrected chi connectivity index (χ2v) is 6.73. The topological polar surface area (TPSA) is 65.1 Å². The Morgan fingerprint density at radius 1 is 1.16 bits per heavy atom. The fourth-order valence-electron chi connectivity index (χ4n) is 3.41. The second-order valence-electron chi connectivity index (χ2n) is 6.73. The van der Waals surface area contributed by atoms with Crippen LogP contribution >= 0.6 is 24.0 Å². The quantitative estimate of drug-likeness (QED) is 0.412. The van der Waals surface area contributed by atoms with E-state index in [9.17, 15) is 9.50 Å². The number of aliphatic imine (C=N–C) groups is 1. The standard InChI is InChI=1S/C18H27FN4O.HI/c19-16-12-14(13-21-18(20)23-8-2-1-3-9-23)4-5-17(16)22-10-6-15(24)7-11-22;/h4-5,12,15,24H,1-3,6-11,13H2,(H2,20,21);1H. The first-order chi connectivity index (χ1) is 11.6. The molecule has 2 fully saturated rings. The van der Waals surface area contributed by atoms with E-state index < -0.39 is 0 Å². The highest BCUT2D eigenvalue weighted by Crippen LogP contribution is 2.24. The van der Waals surface area contributed by atoms with Crippen LogP contribution in [0.5, 0.6) is 0 Å². The van der Waals surface area contributed by atoms with E-state index in [1.165, 1.54) is 6.42 Å². The lowest BCUT2D eigenvalue weighted by atomic mass is 10.1. The molecular formula is C18H28FIN4O. The zero-order chi connectivity index (χ0) is 16.9. The van der Waals surface area contributed by atoms with Gasteiger partial charge in [0.15, 0.2) is 5.96 Å². The number of hydrogen-bond donors (Lipinski definition) is 2. The molecule has 2 heterocycles. The van der Waals surface area contributed by atoms with Gasteiger partial charge in [0.1, 0.15) is 5.82 Å². The average Bonchev–Trinajstić information content (AvgIpc) is 2.61. The van der Waals surface area contributed by atoms with Gasteiger partial charge in [0.25, 0.3) is 0 Å². The van der Waals surface area contributed by atoms with Crippen molar-refractivity contribution in [1.29, 1.82) is 0 Å². The minimum Gasteiger partial charge on any atom is -0.393 e. The fraction of sp³-hybridized carbons (Fsp3) is 0.611. The van der Waals surface area contributed by atoms with Crippen LogP contribution in [0.3, 0.4) is 0 Å². The monoisotopic (exact) mass is 462 g/mol. The summed E-state index contributed by atoms with van der Waals surface area (Å²) in [5, 5.41) is 9.57. The first-order valence-corrected chi connectivity index (χ1v) is 8.90. The lowest BCUT2D eigenvalue weighted by Crippen LogP contribution is -2.40. The van der Waals surface area contributed by atoms with Gasteiger partial charge in [-0.3, -0.25) is 0 Å². The van der Waals surface area contributed by atoms with Gasteiger partial charge in [-0.1, -0.05) is 6.07 Å². The second kappa shape index (κ2) is 9.56. The Balaban J connectivity index is 0.00000225. The Morgan fingerprint density at radius 2 is 1.84 bits per heavy atom. The van der Waals surface area contributed by atoms with E-state index in [2.05, 4.69) is 9.89 Å².